The van der Waals surface area contributed by atoms with E-state index in [1.54, 1.807) is 42.5 Å². The van der Waals surface area contributed by atoms with Crippen LogP contribution < -0.4 is 10.1 Å². The molecule has 3 rings (SSSR count). The molecule has 1 aliphatic rings. The van der Waals surface area contributed by atoms with Gasteiger partial charge in [-0.3, -0.25) is 9.69 Å². The van der Waals surface area contributed by atoms with Gasteiger partial charge in [0, 0.05) is 6.54 Å². The fourth-order valence-electron chi connectivity index (χ4n) is 2.84. The van der Waals surface area contributed by atoms with E-state index in [0.717, 1.165) is 11.1 Å². The van der Waals surface area contributed by atoms with Crippen LogP contribution in [-0.2, 0) is 11.4 Å². The van der Waals surface area contributed by atoms with Crippen LogP contribution in [0.3, 0.4) is 0 Å². The van der Waals surface area contributed by atoms with E-state index < -0.39 is 12.0 Å². The number of hydrogen-bond donors (Lipinski definition) is 2. The molecule has 29 heavy (non-hydrogen) atoms. The molecule has 0 saturated carbocycles. The molecule has 2 N–H and O–H groups in total. The number of halogens is 1. The first-order chi connectivity index (χ1) is 13.9. The number of ether oxygens (including phenoxy) is 1. The number of carbonyl (C=O) groups is 3. The Hall–Kier alpha value is -3.13. The molecular formula is C21H19BrN2O5. The lowest BCUT2D eigenvalue weighted by molar-refractivity contribution is -0.122. The second kappa shape index (κ2) is 8.91. The maximum absolute atomic E-state index is 12.3. The summed E-state index contributed by atoms with van der Waals surface area (Å²) in [5.41, 5.74) is 1.89. The monoisotopic (exact) mass is 458 g/mol. The van der Waals surface area contributed by atoms with Crippen molar-refractivity contribution in [2.75, 3.05) is 6.54 Å². The second-order valence-electron chi connectivity index (χ2n) is 6.43. The summed E-state index contributed by atoms with van der Waals surface area (Å²) < 4.78 is 6.43. The molecule has 0 bridgehead atoms. The van der Waals surface area contributed by atoms with Crippen molar-refractivity contribution in [1.82, 2.24) is 10.2 Å². The minimum absolute atomic E-state index is 0.201. The fraction of sp³-hybridized carbons (Fsp3) is 0.190. The molecule has 3 amide bonds. The van der Waals surface area contributed by atoms with Crippen molar-refractivity contribution in [2.24, 2.45) is 0 Å². The standard InChI is InChI=1S/C21H19BrN2O5/c1-2-8-24-19(25)17(23-21(24)28)11-13-6-7-18(16(22)10-13)29-12-14-4-3-5-15(9-14)20(26)27/h3-7,9-11H,2,8,12H2,1H3,(H,23,28)(H,26,27)/b17-11+. The van der Waals surface area contributed by atoms with Gasteiger partial charge < -0.3 is 15.2 Å². The number of nitrogens with one attached hydrogen (secondary N) is 1. The van der Waals surface area contributed by atoms with Gasteiger partial charge in [-0.25, -0.2) is 9.59 Å². The third kappa shape index (κ3) is 4.83. The molecule has 0 aliphatic carbocycles. The van der Waals surface area contributed by atoms with Gasteiger partial charge in [-0.05, 0) is 63.8 Å². The molecule has 2 aromatic carbocycles. The quantitative estimate of drug-likeness (QED) is 0.482. The van der Waals surface area contributed by atoms with Gasteiger partial charge in [0.15, 0.2) is 0 Å². The number of benzene rings is 2. The van der Waals surface area contributed by atoms with E-state index in [2.05, 4.69) is 21.2 Å². The third-order valence-electron chi connectivity index (χ3n) is 4.24. The Morgan fingerprint density at radius 1 is 1.24 bits per heavy atom. The van der Waals surface area contributed by atoms with Crippen molar-refractivity contribution in [1.29, 1.82) is 0 Å². The van der Waals surface area contributed by atoms with Crippen LogP contribution in [-0.4, -0.2) is 34.5 Å². The number of carbonyl (C=O) groups excluding carboxylic acids is 2. The van der Waals surface area contributed by atoms with Gasteiger partial charge in [-0.2, -0.15) is 0 Å². The number of urea groups is 1. The van der Waals surface area contributed by atoms with E-state index in [-0.39, 0.29) is 23.8 Å². The topological polar surface area (TPSA) is 95.9 Å². The maximum Gasteiger partial charge on any atom is 0.335 e. The van der Waals surface area contributed by atoms with Gasteiger partial charge in [0.2, 0.25) is 0 Å². The Bertz CT molecular complexity index is 1000. The Morgan fingerprint density at radius 2 is 2.03 bits per heavy atom. The molecule has 0 radical (unpaired) electrons. The van der Waals surface area contributed by atoms with Crippen molar-refractivity contribution in [3.8, 4) is 5.75 Å². The summed E-state index contributed by atoms with van der Waals surface area (Å²) in [7, 11) is 0. The average Bonchev–Trinajstić information content (AvgIpc) is 2.95. The number of carboxylic acids is 1. The Morgan fingerprint density at radius 3 is 2.72 bits per heavy atom. The summed E-state index contributed by atoms with van der Waals surface area (Å²) in [5.74, 6) is -0.759. The highest BCUT2D eigenvalue weighted by Gasteiger charge is 2.32. The summed E-state index contributed by atoms with van der Waals surface area (Å²) in [4.78, 5) is 36.4. The maximum atomic E-state index is 12.3. The van der Waals surface area contributed by atoms with Crippen molar-refractivity contribution >= 4 is 39.9 Å². The molecule has 2 aromatic rings. The Kier molecular flexibility index (Phi) is 6.33. The zero-order valence-corrected chi connectivity index (χ0v) is 17.2. The molecular weight excluding hydrogens is 440 g/mol. The first kappa shape index (κ1) is 20.6. The van der Waals surface area contributed by atoms with Crippen LogP contribution >= 0.6 is 15.9 Å². The SMILES string of the molecule is CCCN1C(=O)N/C(=C/c2ccc(OCc3cccc(C(=O)O)c3)c(Br)c2)C1=O. The predicted octanol–water partition coefficient (Wildman–Crippen LogP) is 4.03. The summed E-state index contributed by atoms with van der Waals surface area (Å²) in [6.07, 6.45) is 2.31. The molecule has 0 unspecified atom stereocenters. The molecule has 1 fully saturated rings. The van der Waals surface area contributed by atoms with Crippen LogP contribution in [0, 0.1) is 0 Å². The smallest absolute Gasteiger partial charge is 0.335 e. The van der Waals surface area contributed by atoms with Crippen molar-refractivity contribution in [3.05, 3.63) is 69.3 Å². The minimum Gasteiger partial charge on any atom is -0.488 e. The third-order valence-corrected chi connectivity index (χ3v) is 4.86. The molecule has 7 nitrogen and oxygen atoms in total. The molecule has 8 heteroatoms. The van der Waals surface area contributed by atoms with Crippen molar-refractivity contribution < 1.29 is 24.2 Å². The molecule has 1 saturated heterocycles. The number of aromatic carboxylic acids is 1. The van der Waals surface area contributed by atoms with Crippen LogP contribution in [0.2, 0.25) is 0 Å². The summed E-state index contributed by atoms with van der Waals surface area (Å²) in [5, 5.41) is 11.6. The van der Waals surface area contributed by atoms with Crippen molar-refractivity contribution in [3.63, 3.8) is 0 Å². The lowest BCUT2D eigenvalue weighted by atomic mass is 10.1. The van der Waals surface area contributed by atoms with Crippen LogP contribution in [0.15, 0.2) is 52.6 Å². The highest BCUT2D eigenvalue weighted by atomic mass is 79.9. The van der Waals surface area contributed by atoms with Crippen molar-refractivity contribution in [2.45, 2.75) is 20.0 Å². The first-order valence-corrected chi connectivity index (χ1v) is 9.77. The summed E-state index contributed by atoms with van der Waals surface area (Å²) in [6, 6.07) is 11.4. The first-order valence-electron chi connectivity index (χ1n) is 8.98. The molecule has 150 valence electrons. The normalized spacial score (nSPS) is 15.0. The molecule has 0 aromatic heterocycles. The molecule has 0 atom stereocenters. The Balaban J connectivity index is 1.71. The lowest BCUT2D eigenvalue weighted by Crippen LogP contribution is -2.31. The number of nitrogens with zero attached hydrogens (tertiary/aromatic N) is 1. The van der Waals surface area contributed by atoms with E-state index in [4.69, 9.17) is 9.84 Å². The summed E-state index contributed by atoms with van der Waals surface area (Å²) >= 11 is 3.44. The average molecular weight is 459 g/mol. The Labute approximate surface area is 176 Å². The van der Waals surface area contributed by atoms with E-state index in [0.29, 0.717) is 23.2 Å². The minimum atomic E-state index is -0.989. The number of amides is 3. The van der Waals surface area contributed by atoms with Crippen LogP contribution in [0.5, 0.6) is 5.75 Å². The lowest BCUT2D eigenvalue weighted by Gasteiger charge is -2.10. The van der Waals surface area contributed by atoms with Gasteiger partial charge in [0.05, 0.1) is 10.0 Å². The van der Waals surface area contributed by atoms with Gasteiger partial charge in [0.25, 0.3) is 5.91 Å². The fourth-order valence-corrected chi connectivity index (χ4v) is 3.36. The molecule has 1 aliphatic heterocycles. The van der Waals surface area contributed by atoms with E-state index in [1.165, 1.54) is 11.0 Å². The predicted molar refractivity (Wildman–Crippen MR) is 110 cm³/mol. The van der Waals surface area contributed by atoms with E-state index in [1.807, 2.05) is 6.92 Å². The zero-order valence-electron chi connectivity index (χ0n) is 15.6. The zero-order chi connectivity index (χ0) is 21.0. The largest absolute Gasteiger partial charge is 0.488 e. The number of rotatable bonds is 7. The van der Waals surface area contributed by atoms with Crippen LogP contribution in [0.25, 0.3) is 6.08 Å². The van der Waals surface area contributed by atoms with Gasteiger partial charge in [0.1, 0.15) is 18.1 Å². The van der Waals surface area contributed by atoms with Crippen LogP contribution in [0.1, 0.15) is 34.8 Å². The second-order valence-corrected chi connectivity index (χ2v) is 7.28. The van der Waals surface area contributed by atoms with Gasteiger partial charge in [-0.1, -0.05) is 25.1 Å². The number of carboxylic acid groups (broad SMARTS) is 1. The van der Waals surface area contributed by atoms with E-state index in [9.17, 15) is 14.4 Å². The summed E-state index contributed by atoms with van der Waals surface area (Å²) in [6.45, 7) is 2.48. The van der Waals surface area contributed by atoms with Crippen LogP contribution in [0.4, 0.5) is 4.79 Å². The highest BCUT2D eigenvalue weighted by molar-refractivity contribution is 9.10. The van der Waals surface area contributed by atoms with E-state index >= 15 is 0 Å². The highest BCUT2D eigenvalue weighted by Crippen LogP contribution is 2.28. The number of imide groups is 1. The molecule has 0 spiro atoms. The van der Waals surface area contributed by atoms with Gasteiger partial charge in [-0.15, -0.1) is 0 Å². The van der Waals surface area contributed by atoms with Gasteiger partial charge >= 0.3 is 12.0 Å². The molecule has 1 heterocycles. The number of hydrogen-bond acceptors (Lipinski definition) is 4.